The zero-order valence-electron chi connectivity index (χ0n) is 23.6. The first-order valence-electron chi connectivity index (χ1n) is 13.0. The topological polar surface area (TPSA) is 182 Å². The second-order valence-electron chi connectivity index (χ2n) is 10.5. The first-order chi connectivity index (χ1) is 19.6. The van der Waals surface area contributed by atoms with Gasteiger partial charge in [0.05, 0.1) is 28.2 Å². The Kier molecular flexibility index (Phi) is 9.96. The molecule has 2 aromatic carbocycles. The molecule has 1 aliphatic heterocycles. The Labute approximate surface area is 243 Å². The van der Waals surface area contributed by atoms with Gasteiger partial charge >= 0.3 is 0 Å². The number of nitro benzene ring substituents is 1. The van der Waals surface area contributed by atoms with E-state index in [1.807, 2.05) is 20.8 Å². The lowest BCUT2D eigenvalue weighted by atomic mass is 9.85. The lowest BCUT2D eigenvalue weighted by Gasteiger charge is -2.19. The summed E-state index contributed by atoms with van der Waals surface area (Å²) in [6.45, 7) is 5.69. The van der Waals surface area contributed by atoms with E-state index in [1.165, 1.54) is 42.5 Å². The number of hydrogen-bond donors (Lipinski definition) is 2. The smallest absolute Gasteiger partial charge is 0.296 e. The van der Waals surface area contributed by atoms with E-state index in [-0.39, 0.29) is 52.3 Å². The van der Waals surface area contributed by atoms with Crippen LogP contribution in [0.1, 0.15) is 62.4 Å². The minimum absolute atomic E-state index is 0.0210. The molecule has 0 radical (unpaired) electrons. The number of benzene rings is 2. The normalized spacial score (nSPS) is 13.4. The molecule has 0 saturated heterocycles. The minimum atomic E-state index is -4.19. The number of carbonyl (C=O) groups is 4. The highest BCUT2D eigenvalue weighted by atomic mass is 32.2. The van der Waals surface area contributed by atoms with Crippen molar-refractivity contribution in [2.24, 2.45) is 0 Å². The Bertz CT molecular complexity index is 1540. The van der Waals surface area contributed by atoms with Crippen molar-refractivity contribution < 1.29 is 36.7 Å². The van der Waals surface area contributed by atoms with Crippen molar-refractivity contribution in [3.05, 3.63) is 69.8 Å². The van der Waals surface area contributed by atoms with Crippen molar-refractivity contribution in [1.82, 2.24) is 4.90 Å². The molecule has 2 N–H and O–H groups in total. The standard InChI is InChI=1S/C28H32N4O9S/c1-28(2,3)21-11-9-18(16-23(21)32(37)38)29-27(36)20-17-19(42(39,40)41-4)10-12-22(20)30-24(33)8-6-5-7-15-31-25(34)13-14-26(31)35/h9-14,16-17H,5-8,15H2,1-4H3,(H,29,36)(H,30,33). The summed E-state index contributed by atoms with van der Waals surface area (Å²) < 4.78 is 29.1. The van der Waals surface area contributed by atoms with Crippen molar-refractivity contribution in [3.63, 3.8) is 0 Å². The van der Waals surface area contributed by atoms with Crippen molar-refractivity contribution in [3.8, 4) is 0 Å². The first kappa shape index (κ1) is 32.1. The van der Waals surface area contributed by atoms with E-state index in [9.17, 15) is 37.7 Å². The molecule has 0 saturated carbocycles. The summed E-state index contributed by atoms with van der Waals surface area (Å²) in [5, 5.41) is 16.8. The van der Waals surface area contributed by atoms with Gasteiger partial charge < -0.3 is 10.6 Å². The third-order valence-corrected chi connectivity index (χ3v) is 7.73. The zero-order chi connectivity index (χ0) is 31.2. The quantitative estimate of drug-likeness (QED) is 0.120. The van der Waals surface area contributed by atoms with Crippen LogP contribution in [-0.2, 0) is 34.1 Å². The minimum Gasteiger partial charge on any atom is -0.325 e. The van der Waals surface area contributed by atoms with E-state index in [2.05, 4.69) is 14.8 Å². The fourth-order valence-corrected chi connectivity index (χ4v) is 4.95. The van der Waals surface area contributed by atoms with Crippen molar-refractivity contribution in [2.45, 2.75) is 56.8 Å². The average molecular weight is 601 g/mol. The van der Waals surface area contributed by atoms with Gasteiger partial charge in [0.25, 0.3) is 33.5 Å². The van der Waals surface area contributed by atoms with Crippen LogP contribution >= 0.6 is 0 Å². The maximum Gasteiger partial charge on any atom is 0.296 e. The monoisotopic (exact) mass is 600 g/mol. The molecule has 0 unspecified atom stereocenters. The molecule has 2 aromatic rings. The molecule has 0 fully saturated rings. The van der Waals surface area contributed by atoms with Crippen LogP contribution in [0.3, 0.4) is 0 Å². The molecule has 0 spiro atoms. The molecule has 4 amide bonds. The Morgan fingerprint density at radius 3 is 2.24 bits per heavy atom. The molecule has 0 aliphatic carbocycles. The fraction of sp³-hybridized carbons (Fsp3) is 0.357. The molecule has 0 atom stereocenters. The highest BCUT2D eigenvalue weighted by Gasteiger charge is 2.26. The predicted molar refractivity (Wildman–Crippen MR) is 153 cm³/mol. The summed E-state index contributed by atoms with van der Waals surface area (Å²) in [6.07, 6.45) is 3.94. The number of nitro groups is 1. The number of imide groups is 1. The van der Waals surface area contributed by atoms with Crippen molar-refractivity contribution in [2.75, 3.05) is 24.3 Å². The van der Waals surface area contributed by atoms with Crippen LogP contribution in [0.5, 0.6) is 0 Å². The molecule has 3 rings (SSSR count). The number of carbonyl (C=O) groups excluding carboxylic acids is 4. The van der Waals surface area contributed by atoms with Gasteiger partial charge in [-0.15, -0.1) is 0 Å². The van der Waals surface area contributed by atoms with E-state index >= 15 is 0 Å². The third-order valence-electron chi connectivity index (χ3n) is 6.46. The molecule has 224 valence electrons. The lowest BCUT2D eigenvalue weighted by molar-refractivity contribution is -0.385. The van der Waals surface area contributed by atoms with Crippen molar-refractivity contribution in [1.29, 1.82) is 0 Å². The highest BCUT2D eigenvalue weighted by Crippen LogP contribution is 2.33. The van der Waals surface area contributed by atoms with E-state index in [0.717, 1.165) is 18.1 Å². The average Bonchev–Trinajstić information content (AvgIpc) is 3.24. The third kappa shape index (κ3) is 7.85. The summed E-state index contributed by atoms with van der Waals surface area (Å²) in [5.41, 5.74) is -0.357. The largest absolute Gasteiger partial charge is 0.325 e. The van der Waals surface area contributed by atoms with Crippen LogP contribution in [0.25, 0.3) is 0 Å². The Hall–Kier alpha value is -4.43. The molecule has 42 heavy (non-hydrogen) atoms. The van der Waals surface area contributed by atoms with Gasteiger partial charge in [0.15, 0.2) is 0 Å². The maximum absolute atomic E-state index is 13.3. The Balaban J connectivity index is 1.75. The molecule has 0 aromatic heterocycles. The van der Waals surface area contributed by atoms with Crippen LogP contribution in [0.15, 0.2) is 53.4 Å². The van der Waals surface area contributed by atoms with E-state index in [4.69, 9.17) is 0 Å². The SMILES string of the molecule is COS(=O)(=O)c1ccc(NC(=O)CCCCCN2C(=O)C=CC2=O)c(C(=O)Nc2ccc(C(C)(C)C)c([N+](=O)[O-])c2)c1. The Morgan fingerprint density at radius 2 is 1.64 bits per heavy atom. The number of anilines is 2. The molecular formula is C28H32N4O9S. The molecule has 1 heterocycles. The lowest BCUT2D eigenvalue weighted by Crippen LogP contribution is -2.30. The van der Waals surface area contributed by atoms with Crippen LogP contribution in [-0.4, -0.2) is 55.5 Å². The van der Waals surface area contributed by atoms with Gasteiger partial charge in [-0.3, -0.25) is 38.4 Å². The number of amides is 4. The summed E-state index contributed by atoms with van der Waals surface area (Å²) in [5.74, 6) is -2.01. The molecule has 13 nitrogen and oxygen atoms in total. The van der Waals surface area contributed by atoms with Gasteiger partial charge in [-0.05, 0) is 48.6 Å². The van der Waals surface area contributed by atoms with Gasteiger partial charge in [0.1, 0.15) is 0 Å². The Morgan fingerprint density at radius 1 is 0.976 bits per heavy atom. The van der Waals surface area contributed by atoms with E-state index in [1.54, 1.807) is 0 Å². The summed E-state index contributed by atoms with van der Waals surface area (Å²) in [7, 11) is -3.22. The van der Waals surface area contributed by atoms with Crippen molar-refractivity contribution >= 4 is 50.8 Å². The van der Waals surface area contributed by atoms with Crippen LogP contribution < -0.4 is 10.6 Å². The number of nitrogens with zero attached hydrogens (tertiary/aromatic N) is 2. The van der Waals surface area contributed by atoms with Crippen LogP contribution in [0.4, 0.5) is 17.1 Å². The van der Waals surface area contributed by atoms with Crippen LogP contribution in [0, 0.1) is 10.1 Å². The second-order valence-corrected chi connectivity index (χ2v) is 12.3. The predicted octanol–water partition coefficient (Wildman–Crippen LogP) is 3.90. The number of nitrogens with one attached hydrogen (secondary N) is 2. The summed E-state index contributed by atoms with van der Waals surface area (Å²) >= 11 is 0. The van der Waals surface area contributed by atoms with Gasteiger partial charge in [-0.1, -0.05) is 27.2 Å². The van der Waals surface area contributed by atoms with Gasteiger partial charge in [-0.2, -0.15) is 8.42 Å². The van der Waals surface area contributed by atoms with E-state index < -0.39 is 32.3 Å². The van der Waals surface area contributed by atoms with Crippen LogP contribution in [0.2, 0.25) is 0 Å². The molecule has 14 heteroatoms. The molecular weight excluding hydrogens is 568 g/mol. The fourth-order valence-electron chi connectivity index (χ4n) is 4.26. The van der Waals surface area contributed by atoms with E-state index in [0.29, 0.717) is 24.8 Å². The van der Waals surface area contributed by atoms with Gasteiger partial charge in [-0.25, -0.2) is 0 Å². The second kappa shape index (κ2) is 13.0. The van der Waals surface area contributed by atoms with Gasteiger partial charge in [0.2, 0.25) is 5.91 Å². The number of unbranched alkanes of at least 4 members (excludes halogenated alkanes) is 2. The number of rotatable bonds is 12. The molecule has 0 bridgehead atoms. The summed E-state index contributed by atoms with van der Waals surface area (Å²) in [4.78, 5) is 61.1. The molecule has 1 aliphatic rings. The summed E-state index contributed by atoms with van der Waals surface area (Å²) in [6, 6.07) is 7.71. The van der Waals surface area contributed by atoms with Gasteiger partial charge in [0, 0.05) is 42.4 Å². The first-order valence-corrected chi connectivity index (χ1v) is 14.4. The zero-order valence-corrected chi connectivity index (χ0v) is 24.4. The number of hydrogen-bond acceptors (Lipinski definition) is 9. The maximum atomic E-state index is 13.3. The highest BCUT2D eigenvalue weighted by molar-refractivity contribution is 7.86.